The topological polar surface area (TPSA) is 52.6 Å². The molecular weight excluding hydrogens is 356 g/mol. The smallest absolute Gasteiger partial charge is 0.334 e. The van der Waals surface area contributed by atoms with Gasteiger partial charge in [-0.3, -0.25) is 0 Å². The van der Waals surface area contributed by atoms with Crippen molar-refractivity contribution >= 4 is 43.8 Å². The van der Waals surface area contributed by atoms with E-state index in [1.165, 1.54) is 14.2 Å². The second kappa shape index (κ2) is 6.00. The summed E-state index contributed by atoms with van der Waals surface area (Å²) < 4.78 is 9.43. The van der Waals surface area contributed by atoms with Crippen LogP contribution in [0.1, 0.15) is 13.3 Å². The van der Waals surface area contributed by atoms with Gasteiger partial charge in [0.25, 0.3) is 0 Å². The monoisotopic (exact) mass is 368 g/mol. The molecule has 0 saturated heterocycles. The minimum Gasteiger partial charge on any atom is -0.466 e. The first-order chi connectivity index (χ1) is 7.93. The summed E-state index contributed by atoms with van der Waals surface area (Å²) in [5.74, 6) is -1.06. The van der Waals surface area contributed by atoms with Crippen molar-refractivity contribution in [3.63, 3.8) is 0 Å². The molecule has 0 N–H and O–H groups in total. The fourth-order valence-electron chi connectivity index (χ4n) is 1.90. The lowest BCUT2D eigenvalue weighted by atomic mass is 9.83. The molecule has 0 bridgehead atoms. The molecule has 0 aromatic rings. The number of ether oxygens (including phenoxy) is 2. The van der Waals surface area contributed by atoms with E-state index >= 15 is 0 Å². The van der Waals surface area contributed by atoms with E-state index in [0.29, 0.717) is 17.6 Å². The van der Waals surface area contributed by atoms with Crippen LogP contribution in [0.25, 0.3) is 0 Å². The average Bonchev–Trinajstić information content (AvgIpc) is 2.33. The molecule has 4 nitrogen and oxygen atoms in total. The van der Waals surface area contributed by atoms with Crippen LogP contribution in [0.15, 0.2) is 11.1 Å². The summed E-state index contributed by atoms with van der Waals surface area (Å²) in [5, 5.41) is 0. The number of rotatable bonds is 2. The zero-order chi connectivity index (χ0) is 13.2. The molecule has 0 radical (unpaired) electrons. The highest BCUT2D eigenvalue weighted by atomic mass is 79.9. The van der Waals surface area contributed by atoms with Gasteiger partial charge in [0.1, 0.15) is 0 Å². The minimum atomic E-state index is -0.471. The molecule has 1 rings (SSSR count). The molecule has 17 heavy (non-hydrogen) atoms. The fraction of sp³-hybridized carbons (Fsp3) is 0.636. The number of alkyl halides is 2. The lowest BCUT2D eigenvalue weighted by Crippen LogP contribution is -2.35. The molecule has 6 heteroatoms. The molecule has 96 valence electrons. The molecule has 1 aliphatic rings. The Labute approximate surface area is 117 Å². The van der Waals surface area contributed by atoms with Crippen molar-refractivity contribution in [1.29, 1.82) is 0 Å². The molecule has 0 aromatic heterocycles. The number of hydrogen-bond acceptors (Lipinski definition) is 4. The van der Waals surface area contributed by atoms with Crippen LogP contribution in [-0.4, -0.2) is 35.8 Å². The standard InChI is InChI=1S/C11H14Br2O4/c1-5-8(11(15)17-3)6(10(14)16-2)4-7(12)9(5)13/h5,7,9H,4H2,1-3H3/t5-,7+,9+/m0/s1. The van der Waals surface area contributed by atoms with Crippen molar-refractivity contribution in [2.24, 2.45) is 5.92 Å². The van der Waals surface area contributed by atoms with E-state index in [4.69, 9.17) is 9.47 Å². The van der Waals surface area contributed by atoms with E-state index < -0.39 is 11.9 Å². The van der Waals surface area contributed by atoms with Crippen LogP contribution >= 0.6 is 31.9 Å². The Morgan fingerprint density at radius 2 is 1.71 bits per heavy atom. The zero-order valence-electron chi connectivity index (χ0n) is 9.83. The van der Waals surface area contributed by atoms with Gasteiger partial charge < -0.3 is 9.47 Å². The second-order valence-corrected chi connectivity index (χ2v) is 6.06. The Balaban J connectivity index is 3.24. The summed E-state index contributed by atoms with van der Waals surface area (Å²) in [6.45, 7) is 1.88. The molecule has 0 saturated carbocycles. The molecule has 0 amide bonds. The van der Waals surface area contributed by atoms with Crippen LogP contribution in [-0.2, 0) is 19.1 Å². The summed E-state index contributed by atoms with van der Waals surface area (Å²) in [4.78, 5) is 23.6. The van der Waals surface area contributed by atoms with Gasteiger partial charge in [0.05, 0.1) is 19.8 Å². The summed E-state index contributed by atoms with van der Waals surface area (Å²) in [6.07, 6.45) is 0.442. The number of esters is 2. The first-order valence-electron chi connectivity index (χ1n) is 5.11. The van der Waals surface area contributed by atoms with E-state index in [1.807, 2.05) is 6.92 Å². The van der Waals surface area contributed by atoms with Gasteiger partial charge in [0.2, 0.25) is 0 Å². The van der Waals surface area contributed by atoms with Gasteiger partial charge >= 0.3 is 11.9 Å². The Hall–Kier alpha value is -0.360. The molecular formula is C11H14Br2O4. The first-order valence-corrected chi connectivity index (χ1v) is 6.95. The van der Waals surface area contributed by atoms with E-state index in [1.54, 1.807) is 0 Å². The molecule has 1 aliphatic carbocycles. The Morgan fingerprint density at radius 1 is 1.18 bits per heavy atom. The predicted molar refractivity (Wildman–Crippen MR) is 70.3 cm³/mol. The van der Waals surface area contributed by atoms with Gasteiger partial charge in [-0.25, -0.2) is 9.59 Å². The van der Waals surface area contributed by atoms with E-state index in [-0.39, 0.29) is 15.6 Å². The summed E-state index contributed by atoms with van der Waals surface area (Å²) in [5.41, 5.74) is 0.793. The van der Waals surface area contributed by atoms with E-state index in [9.17, 15) is 9.59 Å². The van der Waals surface area contributed by atoms with Crippen molar-refractivity contribution in [3.8, 4) is 0 Å². The number of hydrogen-bond donors (Lipinski definition) is 0. The maximum Gasteiger partial charge on any atom is 0.334 e. The van der Waals surface area contributed by atoms with Gasteiger partial charge in [-0.15, -0.1) is 0 Å². The Kier molecular flexibility index (Phi) is 5.19. The lowest BCUT2D eigenvalue weighted by Gasteiger charge is -2.31. The highest BCUT2D eigenvalue weighted by Gasteiger charge is 2.39. The predicted octanol–water partition coefficient (Wildman–Crippen LogP) is 2.20. The number of methoxy groups -OCH3 is 2. The largest absolute Gasteiger partial charge is 0.466 e. The van der Waals surface area contributed by atoms with Crippen molar-refractivity contribution < 1.29 is 19.1 Å². The summed E-state index contributed by atoms with van der Waals surface area (Å²) in [6, 6.07) is 0. The number of carbonyl (C=O) groups excluding carboxylic acids is 2. The minimum absolute atomic E-state index is 0.0741. The van der Waals surface area contributed by atoms with Gasteiger partial charge in [-0.1, -0.05) is 38.8 Å². The molecule has 0 fully saturated rings. The Bertz CT molecular complexity index is 364. The van der Waals surface area contributed by atoms with Gasteiger partial charge in [0, 0.05) is 21.1 Å². The third-order valence-corrected chi connectivity index (χ3v) is 5.87. The molecule has 3 atom stereocenters. The molecule has 0 unspecified atom stereocenters. The number of halogens is 2. The highest BCUT2D eigenvalue weighted by molar-refractivity contribution is 9.12. The first kappa shape index (κ1) is 14.7. The summed E-state index contributed by atoms with van der Waals surface area (Å²) >= 11 is 7.00. The Morgan fingerprint density at radius 3 is 2.18 bits per heavy atom. The quantitative estimate of drug-likeness (QED) is 0.553. The number of carbonyl (C=O) groups is 2. The van der Waals surface area contributed by atoms with Crippen LogP contribution < -0.4 is 0 Å². The molecule has 0 spiro atoms. The maximum atomic E-state index is 11.7. The van der Waals surface area contributed by atoms with Gasteiger partial charge in [-0.2, -0.15) is 0 Å². The van der Waals surface area contributed by atoms with Crippen LogP contribution in [0.3, 0.4) is 0 Å². The van der Waals surface area contributed by atoms with Crippen molar-refractivity contribution in [2.75, 3.05) is 14.2 Å². The average molecular weight is 370 g/mol. The maximum absolute atomic E-state index is 11.7. The SMILES string of the molecule is COC(=O)C1=C(C(=O)OC)[C@H](C)[C@@H](Br)[C@H](Br)C1. The van der Waals surface area contributed by atoms with Crippen LogP contribution in [0.5, 0.6) is 0 Å². The molecule has 0 heterocycles. The van der Waals surface area contributed by atoms with Crippen molar-refractivity contribution in [3.05, 3.63) is 11.1 Å². The third-order valence-electron chi connectivity index (χ3n) is 2.84. The van der Waals surface area contributed by atoms with Crippen LogP contribution in [0.4, 0.5) is 0 Å². The normalized spacial score (nSPS) is 28.9. The van der Waals surface area contributed by atoms with Crippen LogP contribution in [0.2, 0.25) is 0 Å². The highest BCUT2D eigenvalue weighted by Crippen LogP contribution is 2.39. The third kappa shape index (κ3) is 2.91. The zero-order valence-corrected chi connectivity index (χ0v) is 13.0. The molecule has 0 aromatic carbocycles. The lowest BCUT2D eigenvalue weighted by molar-refractivity contribution is -0.140. The van der Waals surface area contributed by atoms with E-state index in [2.05, 4.69) is 31.9 Å². The van der Waals surface area contributed by atoms with Crippen molar-refractivity contribution in [2.45, 2.75) is 23.0 Å². The van der Waals surface area contributed by atoms with E-state index in [0.717, 1.165) is 0 Å². The molecule has 0 aliphatic heterocycles. The second-order valence-electron chi connectivity index (χ2n) is 3.83. The van der Waals surface area contributed by atoms with Crippen molar-refractivity contribution in [1.82, 2.24) is 0 Å². The summed E-state index contributed by atoms with van der Waals surface area (Å²) in [7, 11) is 2.61. The van der Waals surface area contributed by atoms with Gasteiger partial charge in [-0.05, 0) is 6.42 Å². The van der Waals surface area contributed by atoms with Gasteiger partial charge in [0.15, 0.2) is 0 Å². The van der Waals surface area contributed by atoms with Crippen LogP contribution in [0, 0.1) is 5.92 Å². The fourth-order valence-corrected chi connectivity index (χ4v) is 3.13.